The molecule has 0 aliphatic carbocycles. The van der Waals surface area contributed by atoms with Gasteiger partial charge < -0.3 is 5.32 Å². The van der Waals surface area contributed by atoms with Gasteiger partial charge in [-0.25, -0.2) is 4.98 Å². The highest BCUT2D eigenvalue weighted by molar-refractivity contribution is 9.10. The van der Waals surface area contributed by atoms with E-state index in [0.29, 0.717) is 21.7 Å². The predicted octanol–water partition coefficient (Wildman–Crippen LogP) is 4.78. The molecule has 1 aromatic carbocycles. The maximum atomic E-state index is 11.0. The first-order chi connectivity index (χ1) is 9.47. The molecule has 8 heteroatoms. The molecule has 1 aromatic heterocycles. The van der Waals surface area contributed by atoms with Gasteiger partial charge in [-0.05, 0) is 34.1 Å². The topological polar surface area (TPSA) is 68.1 Å². The van der Waals surface area contributed by atoms with E-state index in [1.165, 1.54) is 6.07 Å². The summed E-state index contributed by atoms with van der Waals surface area (Å²) in [7, 11) is 0. The van der Waals surface area contributed by atoms with Gasteiger partial charge in [0.15, 0.2) is 0 Å². The number of nitro benzene ring substituents is 1. The van der Waals surface area contributed by atoms with Crippen LogP contribution in [0.25, 0.3) is 0 Å². The zero-order valence-electron chi connectivity index (χ0n) is 9.94. The summed E-state index contributed by atoms with van der Waals surface area (Å²) < 4.78 is 1.45. The van der Waals surface area contributed by atoms with Crippen molar-refractivity contribution in [2.45, 2.75) is 6.54 Å². The van der Waals surface area contributed by atoms with Crippen LogP contribution >= 0.6 is 43.5 Å². The molecule has 0 bridgehead atoms. The quantitative estimate of drug-likeness (QED) is 0.438. The summed E-state index contributed by atoms with van der Waals surface area (Å²) in [6, 6.07) is 6.59. The number of hydrogen-bond acceptors (Lipinski definition) is 4. The van der Waals surface area contributed by atoms with E-state index < -0.39 is 4.92 Å². The monoisotopic (exact) mass is 419 g/mol. The van der Waals surface area contributed by atoms with E-state index in [4.69, 9.17) is 11.6 Å². The molecule has 0 atom stereocenters. The van der Waals surface area contributed by atoms with Gasteiger partial charge in [-0.3, -0.25) is 10.1 Å². The Morgan fingerprint density at radius 1 is 1.35 bits per heavy atom. The zero-order valence-corrected chi connectivity index (χ0v) is 13.9. The predicted molar refractivity (Wildman–Crippen MR) is 85.1 cm³/mol. The Labute approximate surface area is 136 Å². The third-order valence-corrected chi connectivity index (χ3v) is 4.14. The van der Waals surface area contributed by atoms with Gasteiger partial charge in [0.25, 0.3) is 5.69 Å². The first-order valence-corrected chi connectivity index (χ1v) is 7.41. The Morgan fingerprint density at radius 3 is 2.75 bits per heavy atom. The van der Waals surface area contributed by atoms with Crippen molar-refractivity contribution >= 4 is 54.8 Å². The molecule has 0 radical (unpaired) electrons. The standard InChI is InChI=1S/C12H8Br2ClN3O2/c13-8-1-2-11(18(19)20)7(3-8)5-16-9-4-10(14)12(15)17-6-9/h1-4,6,16H,5H2. The lowest BCUT2D eigenvalue weighted by Crippen LogP contribution is -2.03. The van der Waals surface area contributed by atoms with Crippen LogP contribution in [0, 0.1) is 10.1 Å². The van der Waals surface area contributed by atoms with Crippen LogP contribution in [0.3, 0.4) is 0 Å². The molecule has 0 aliphatic heterocycles. The first kappa shape index (κ1) is 15.2. The molecular formula is C12H8Br2ClN3O2. The number of pyridine rings is 1. The summed E-state index contributed by atoms with van der Waals surface area (Å²) in [6.07, 6.45) is 1.57. The van der Waals surface area contributed by atoms with Crippen LogP contribution < -0.4 is 5.32 Å². The molecule has 20 heavy (non-hydrogen) atoms. The lowest BCUT2D eigenvalue weighted by atomic mass is 10.2. The van der Waals surface area contributed by atoms with Gasteiger partial charge in [-0.2, -0.15) is 0 Å². The number of nitrogens with zero attached hydrogens (tertiary/aromatic N) is 2. The van der Waals surface area contributed by atoms with Crippen molar-refractivity contribution in [3.05, 3.63) is 60.2 Å². The van der Waals surface area contributed by atoms with Gasteiger partial charge in [0.2, 0.25) is 0 Å². The minimum atomic E-state index is -0.403. The normalized spacial score (nSPS) is 10.3. The van der Waals surface area contributed by atoms with Crippen LogP contribution in [-0.2, 0) is 6.54 Å². The molecule has 2 aromatic rings. The smallest absolute Gasteiger partial charge is 0.274 e. The minimum absolute atomic E-state index is 0.0710. The number of rotatable bonds is 4. The highest BCUT2D eigenvalue weighted by Crippen LogP contribution is 2.26. The second kappa shape index (κ2) is 6.51. The van der Waals surface area contributed by atoms with E-state index in [-0.39, 0.29) is 5.69 Å². The van der Waals surface area contributed by atoms with Crippen LogP contribution in [0.15, 0.2) is 39.4 Å². The number of hydrogen-bond donors (Lipinski definition) is 1. The van der Waals surface area contributed by atoms with Crippen LogP contribution in [0.1, 0.15) is 5.56 Å². The molecule has 0 saturated carbocycles. The first-order valence-electron chi connectivity index (χ1n) is 5.45. The average Bonchev–Trinajstić information content (AvgIpc) is 2.40. The SMILES string of the molecule is O=[N+]([O-])c1ccc(Br)cc1CNc1cnc(Cl)c(Br)c1. The maximum absolute atomic E-state index is 11.0. The molecule has 0 saturated heterocycles. The molecule has 0 fully saturated rings. The Morgan fingerprint density at radius 2 is 2.10 bits per heavy atom. The summed E-state index contributed by atoms with van der Waals surface area (Å²) in [5, 5.41) is 14.4. The van der Waals surface area contributed by atoms with Gasteiger partial charge in [0, 0.05) is 22.6 Å². The fourth-order valence-electron chi connectivity index (χ4n) is 1.59. The lowest BCUT2D eigenvalue weighted by Gasteiger charge is -2.08. The van der Waals surface area contributed by atoms with Gasteiger partial charge >= 0.3 is 0 Å². The highest BCUT2D eigenvalue weighted by Gasteiger charge is 2.13. The van der Waals surface area contributed by atoms with Gasteiger partial charge in [-0.15, -0.1) is 0 Å². The van der Waals surface area contributed by atoms with Crippen molar-refractivity contribution in [3.63, 3.8) is 0 Å². The van der Waals surface area contributed by atoms with E-state index in [1.54, 1.807) is 24.4 Å². The van der Waals surface area contributed by atoms with Crippen LogP contribution in [0.2, 0.25) is 5.15 Å². The molecule has 104 valence electrons. The fourth-order valence-corrected chi connectivity index (χ4v) is 2.45. The molecule has 0 amide bonds. The number of benzene rings is 1. The number of anilines is 1. The van der Waals surface area contributed by atoms with Crippen LogP contribution in [0.5, 0.6) is 0 Å². The summed E-state index contributed by atoms with van der Waals surface area (Å²) >= 11 is 12.4. The van der Waals surface area contributed by atoms with Gasteiger partial charge in [-0.1, -0.05) is 27.5 Å². The molecule has 2 rings (SSSR count). The fraction of sp³-hybridized carbons (Fsp3) is 0.0833. The zero-order chi connectivity index (χ0) is 14.7. The van der Waals surface area contributed by atoms with Crippen LogP contribution in [0.4, 0.5) is 11.4 Å². The van der Waals surface area contributed by atoms with E-state index in [9.17, 15) is 10.1 Å². The molecule has 1 heterocycles. The third kappa shape index (κ3) is 3.68. The van der Waals surface area contributed by atoms with E-state index in [1.807, 2.05) is 0 Å². The second-order valence-electron chi connectivity index (χ2n) is 3.88. The van der Waals surface area contributed by atoms with Crippen molar-refractivity contribution in [1.29, 1.82) is 0 Å². The molecule has 0 spiro atoms. The van der Waals surface area contributed by atoms with Crippen molar-refractivity contribution in [2.75, 3.05) is 5.32 Å². The third-order valence-electron chi connectivity index (χ3n) is 2.52. The summed E-state index contributed by atoms with van der Waals surface area (Å²) in [6.45, 7) is 0.311. The van der Waals surface area contributed by atoms with E-state index in [0.717, 1.165) is 10.2 Å². The largest absolute Gasteiger partial charge is 0.379 e. The minimum Gasteiger partial charge on any atom is -0.379 e. The summed E-state index contributed by atoms with van der Waals surface area (Å²) in [5.41, 5.74) is 1.37. The highest BCUT2D eigenvalue weighted by atomic mass is 79.9. The van der Waals surface area contributed by atoms with Crippen LogP contribution in [-0.4, -0.2) is 9.91 Å². The number of nitrogens with one attached hydrogen (secondary N) is 1. The number of aromatic nitrogens is 1. The lowest BCUT2D eigenvalue weighted by molar-refractivity contribution is -0.385. The van der Waals surface area contributed by atoms with Gasteiger partial charge in [0.1, 0.15) is 5.15 Å². The molecule has 1 N–H and O–H groups in total. The van der Waals surface area contributed by atoms with E-state index in [2.05, 4.69) is 42.2 Å². The second-order valence-corrected chi connectivity index (χ2v) is 6.01. The summed E-state index contributed by atoms with van der Waals surface area (Å²) in [4.78, 5) is 14.5. The van der Waals surface area contributed by atoms with Crippen molar-refractivity contribution in [2.24, 2.45) is 0 Å². The molecule has 5 nitrogen and oxygen atoms in total. The Kier molecular flexibility index (Phi) is 4.95. The Hall–Kier alpha value is -1.18. The number of nitro groups is 1. The maximum Gasteiger partial charge on any atom is 0.274 e. The van der Waals surface area contributed by atoms with E-state index >= 15 is 0 Å². The average molecular weight is 421 g/mol. The Balaban J connectivity index is 2.20. The molecule has 0 unspecified atom stereocenters. The molecular weight excluding hydrogens is 413 g/mol. The van der Waals surface area contributed by atoms with Crippen molar-refractivity contribution < 1.29 is 4.92 Å². The van der Waals surface area contributed by atoms with Crippen molar-refractivity contribution in [1.82, 2.24) is 4.98 Å². The van der Waals surface area contributed by atoms with Crippen molar-refractivity contribution in [3.8, 4) is 0 Å². The molecule has 0 aliphatic rings. The Bertz CT molecular complexity index is 667. The number of halogens is 3. The van der Waals surface area contributed by atoms with Gasteiger partial charge in [0.05, 0.1) is 21.3 Å². The summed E-state index contributed by atoms with van der Waals surface area (Å²) in [5.74, 6) is 0.